The molecule has 0 saturated carbocycles. The molecule has 0 spiro atoms. The highest BCUT2D eigenvalue weighted by molar-refractivity contribution is 5.87. The van der Waals surface area contributed by atoms with Crippen molar-refractivity contribution in [3.05, 3.63) is 107 Å². The number of rotatable bonds is 9. The maximum Gasteiger partial charge on any atom is 0.330 e. The zero-order chi connectivity index (χ0) is 24.9. The fourth-order valence-corrected chi connectivity index (χ4v) is 5.24. The minimum absolute atomic E-state index is 0.337. The van der Waals surface area contributed by atoms with Gasteiger partial charge in [-0.25, -0.2) is 4.79 Å². The Morgan fingerprint density at radius 1 is 1.08 bits per heavy atom. The summed E-state index contributed by atoms with van der Waals surface area (Å²) >= 11 is 0. The third-order valence-electron chi connectivity index (χ3n) is 7.15. The van der Waals surface area contributed by atoms with E-state index in [0.717, 1.165) is 43.7 Å². The maximum atomic E-state index is 11.5. The predicted molar refractivity (Wildman–Crippen MR) is 144 cm³/mol. The molecule has 5 nitrogen and oxygen atoms in total. The number of hydrogen-bond donors (Lipinski definition) is 1. The number of carbonyl (C=O) groups is 1. The lowest BCUT2D eigenvalue weighted by molar-refractivity contribution is -0.134. The van der Waals surface area contributed by atoms with Gasteiger partial charge in [-0.3, -0.25) is 4.90 Å². The van der Waals surface area contributed by atoms with Gasteiger partial charge in [0.25, 0.3) is 0 Å². The van der Waals surface area contributed by atoms with Gasteiger partial charge in [-0.2, -0.15) is 0 Å². The number of fused-ring (bicyclic) bond motifs is 2. The quantitative estimate of drug-likeness (QED) is 0.232. The van der Waals surface area contributed by atoms with Crippen molar-refractivity contribution in [3.8, 4) is 5.75 Å². The lowest BCUT2D eigenvalue weighted by Crippen LogP contribution is -2.29. The first-order valence-electron chi connectivity index (χ1n) is 12.5. The van der Waals surface area contributed by atoms with Crippen LogP contribution in [0.4, 0.5) is 0 Å². The Balaban J connectivity index is 1.39. The second kappa shape index (κ2) is 10.8. The van der Waals surface area contributed by atoms with Crippen LogP contribution in [0, 0.1) is 0 Å². The van der Waals surface area contributed by atoms with Crippen molar-refractivity contribution in [1.29, 1.82) is 0 Å². The van der Waals surface area contributed by atoms with Gasteiger partial charge in [0.2, 0.25) is 0 Å². The van der Waals surface area contributed by atoms with Gasteiger partial charge < -0.3 is 14.5 Å². The Hall–Kier alpha value is -3.83. The second-order valence-corrected chi connectivity index (χ2v) is 9.30. The van der Waals surface area contributed by atoms with Gasteiger partial charge in [-0.15, -0.1) is 0 Å². The molecule has 1 aromatic heterocycles. The number of hydrogen-bond acceptors (Lipinski definition) is 4. The maximum absolute atomic E-state index is 11.5. The molecule has 1 aliphatic rings. The number of para-hydroxylation sites is 1. The topological polar surface area (TPSA) is 54.6 Å². The van der Waals surface area contributed by atoms with Crippen LogP contribution in [0.15, 0.2) is 79.0 Å². The molecule has 36 heavy (non-hydrogen) atoms. The van der Waals surface area contributed by atoms with E-state index in [4.69, 9.17) is 9.47 Å². The summed E-state index contributed by atoms with van der Waals surface area (Å²) in [5.74, 6) is 0.541. The standard InChI is InChI=1S/C31H32N2O3/c1-35-26-12-7-23(8-13-26)21-33(18-17-25-20-32-29-6-4-3-5-27(25)29)30-15-11-24-19-22(9-14-28(24)30)10-16-31(34)36-2/h3-10,12-14,16,19-20,30,32H,11,15,17-18,21H2,1-2H3/b16-10+. The highest BCUT2D eigenvalue weighted by Gasteiger charge is 2.28. The minimum atomic E-state index is -0.337. The fourth-order valence-electron chi connectivity index (χ4n) is 5.24. The molecule has 0 aliphatic heterocycles. The summed E-state index contributed by atoms with van der Waals surface area (Å²) < 4.78 is 10.1. The monoisotopic (exact) mass is 480 g/mol. The number of H-pyrrole nitrogens is 1. The first-order valence-corrected chi connectivity index (χ1v) is 12.5. The van der Waals surface area contributed by atoms with Crippen LogP contribution in [0.2, 0.25) is 0 Å². The van der Waals surface area contributed by atoms with Crippen LogP contribution in [-0.2, 0) is 28.9 Å². The smallest absolute Gasteiger partial charge is 0.330 e. The van der Waals surface area contributed by atoms with Crippen molar-refractivity contribution in [1.82, 2.24) is 9.88 Å². The third-order valence-corrected chi connectivity index (χ3v) is 7.15. The van der Waals surface area contributed by atoms with Gasteiger partial charge in [-0.1, -0.05) is 48.5 Å². The van der Waals surface area contributed by atoms with Crippen LogP contribution >= 0.6 is 0 Å². The van der Waals surface area contributed by atoms with Crippen molar-refractivity contribution < 1.29 is 14.3 Å². The Morgan fingerprint density at radius 3 is 2.72 bits per heavy atom. The van der Waals surface area contributed by atoms with Crippen molar-refractivity contribution in [2.75, 3.05) is 20.8 Å². The molecular formula is C31H32N2O3. The molecule has 184 valence electrons. The van der Waals surface area contributed by atoms with Crippen molar-refractivity contribution in [3.63, 3.8) is 0 Å². The van der Waals surface area contributed by atoms with Gasteiger partial charge in [-0.05, 0) is 71.4 Å². The Morgan fingerprint density at radius 2 is 1.92 bits per heavy atom. The summed E-state index contributed by atoms with van der Waals surface area (Å²) in [5.41, 5.74) is 7.59. The zero-order valence-corrected chi connectivity index (χ0v) is 20.9. The summed E-state index contributed by atoms with van der Waals surface area (Å²) in [6.45, 7) is 1.84. The van der Waals surface area contributed by atoms with E-state index in [9.17, 15) is 4.79 Å². The molecule has 1 atom stereocenters. The average molecular weight is 481 g/mol. The van der Waals surface area contributed by atoms with E-state index in [2.05, 4.69) is 70.7 Å². The molecule has 1 unspecified atom stereocenters. The molecule has 4 aromatic rings. The van der Waals surface area contributed by atoms with Gasteiger partial charge in [0, 0.05) is 42.3 Å². The lowest BCUT2D eigenvalue weighted by atomic mass is 10.0. The summed E-state index contributed by atoms with van der Waals surface area (Å²) in [6.07, 6.45) is 8.55. The molecule has 3 aromatic carbocycles. The highest BCUT2D eigenvalue weighted by Crippen LogP contribution is 2.37. The molecular weight excluding hydrogens is 448 g/mol. The Kier molecular flexibility index (Phi) is 7.19. The molecule has 0 radical (unpaired) electrons. The molecule has 0 saturated heterocycles. The molecule has 5 rings (SSSR count). The van der Waals surface area contributed by atoms with E-state index in [-0.39, 0.29) is 5.97 Å². The number of esters is 1. The number of nitrogens with zero attached hydrogens (tertiary/aromatic N) is 1. The van der Waals surface area contributed by atoms with Crippen molar-refractivity contribution in [2.45, 2.75) is 31.8 Å². The number of carbonyl (C=O) groups excluding carboxylic acids is 1. The molecule has 0 bridgehead atoms. The van der Waals surface area contributed by atoms with Crippen LogP contribution < -0.4 is 4.74 Å². The number of methoxy groups -OCH3 is 2. The normalized spacial score (nSPS) is 15.0. The van der Waals surface area contributed by atoms with E-state index in [1.165, 1.54) is 46.3 Å². The number of benzene rings is 3. The highest BCUT2D eigenvalue weighted by atomic mass is 16.5. The third kappa shape index (κ3) is 5.21. The summed E-state index contributed by atoms with van der Waals surface area (Å²) in [5, 5.41) is 1.30. The SMILES string of the molecule is COC(=O)/C=C/c1ccc2c(c1)CCC2N(CCc1c[nH]c2ccccc12)Cc1ccc(OC)cc1. The van der Waals surface area contributed by atoms with E-state index in [1.807, 2.05) is 18.2 Å². The van der Waals surface area contributed by atoms with Crippen LogP contribution in [0.3, 0.4) is 0 Å². The first kappa shape index (κ1) is 23.9. The van der Waals surface area contributed by atoms with Crippen LogP contribution in [0.25, 0.3) is 17.0 Å². The predicted octanol–water partition coefficient (Wildman–Crippen LogP) is 6.09. The number of aromatic nitrogens is 1. The minimum Gasteiger partial charge on any atom is -0.497 e. The van der Waals surface area contributed by atoms with Crippen molar-refractivity contribution >= 4 is 22.9 Å². The molecule has 0 amide bonds. The van der Waals surface area contributed by atoms with Crippen LogP contribution in [-0.4, -0.2) is 36.6 Å². The zero-order valence-electron chi connectivity index (χ0n) is 20.9. The Bertz CT molecular complexity index is 1370. The van der Waals surface area contributed by atoms with Crippen molar-refractivity contribution in [2.24, 2.45) is 0 Å². The number of aryl methyl sites for hydroxylation is 1. The number of nitrogens with one attached hydrogen (secondary N) is 1. The first-order chi connectivity index (χ1) is 17.6. The average Bonchev–Trinajstić information content (AvgIpc) is 3.54. The van der Waals surface area contributed by atoms with Gasteiger partial charge >= 0.3 is 5.97 Å². The Labute approximate surface area is 212 Å². The van der Waals surface area contributed by atoms with Crippen LogP contribution in [0.1, 0.15) is 40.3 Å². The lowest BCUT2D eigenvalue weighted by Gasteiger charge is -2.30. The molecule has 1 N–H and O–H groups in total. The second-order valence-electron chi connectivity index (χ2n) is 9.30. The molecule has 0 fully saturated rings. The van der Waals surface area contributed by atoms with Gasteiger partial charge in [0.1, 0.15) is 5.75 Å². The molecule has 1 heterocycles. The summed E-state index contributed by atoms with van der Waals surface area (Å²) in [6, 6.07) is 23.8. The van der Waals surface area contributed by atoms with E-state index in [0.29, 0.717) is 6.04 Å². The van der Waals surface area contributed by atoms with Crippen LogP contribution in [0.5, 0.6) is 5.75 Å². The van der Waals surface area contributed by atoms with Gasteiger partial charge in [0.15, 0.2) is 0 Å². The summed E-state index contributed by atoms with van der Waals surface area (Å²) in [4.78, 5) is 17.5. The number of ether oxygens (including phenoxy) is 2. The van der Waals surface area contributed by atoms with E-state index < -0.39 is 0 Å². The van der Waals surface area contributed by atoms with Gasteiger partial charge in [0.05, 0.1) is 14.2 Å². The molecule has 5 heteroatoms. The summed E-state index contributed by atoms with van der Waals surface area (Å²) in [7, 11) is 3.10. The molecule has 1 aliphatic carbocycles. The number of aromatic amines is 1. The largest absolute Gasteiger partial charge is 0.497 e. The van der Waals surface area contributed by atoms with E-state index in [1.54, 1.807) is 7.11 Å². The fraction of sp³-hybridized carbons (Fsp3) is 0.258. The van der Waals surface area contributed by atoms with E-state index >= 15 is 0 Å².